The van der Waals surface area contributed by atoms with Crippen LogP contribution < -0.4 is 5.73 Å². The third kappa shape index (κ3) is 2.16. The van der Waals surface area contributed by atoms with Crippen molar-refractivity contribution in [2.75, 3.05) is 0 Å². The first-order valence-electron chi connectivity index (χ1n) is 3.86. The van der Waals surface area contributed by atoms with E-state index in [1.165, 1.54) is 6.07 Å². The Morgan fingerprint density at radius 1 is 1.62 bits per heavy atom. The highest BCUT2D eigenvalue weighted by Crippen LogP contribution is 2.12. The number of rotatable bonds is 3. The molecule has 1 rings (SSSR count). The summed E-state index contributed by atoms with van der Waals surface area (Å²) in [5, 5.41) is 8.70. The molecule has 0 heterocycles. The van der Waals surface area contributed by atoms with Gasteiger partial charge in [0.15, 0.2) is 0 Å². The molecule has 1 aromatic rings. The fraction of sp³-hybridized carbons (Fsp3) is 0.100. The second kappa shape index (κ2) is 3.87. The zero-order valence-electron chi connectivity index (χ0n) is 7.10. The molecule has 0 unspecified atom stereocenters. The quantitative estimate of drug-likeness (QED) is 0.689. The summed E-state index contributed by atoms with van der Waals surface area (Å²) >= 11 is 0. The third-order valence-electron chi connectivity index (χ3n) is 1.77. The van der Waals surface area contributed by atoms with Gasteiger partial charge in [0.2, 0.25) is 0 Å². The zero-order valence-corrected chi connectivity index (χ0v) is 7.10. The fourth-order valence-corrected chi connectivity index (χ4v) is 1.02. The number of carbonyl (C=O) groups is 1. The summed E-state index contributed by atoms with van der Waals surface area (Å²) in [5.41, 5.74) is 6.66. The lowest BCUT2D eigenvalue weighted by Gasteiger charge is -2.06. The maximum Gasteiger partial charge on any atom is 0.335 e. The van der Waals surface area contributed by atoms with Crippen LogP contribution in [0.25, 0.3) is 0 Å². The van der Waals surface area contributed by atoms with Gasteiger partial charge in [0, 0.05) is 6.04 Å². The molecule has 0 aliphatic heterocycles. The van der Waals surface area contributed by atoms with Crippen molar-refractivity contribution < 1.29 is 9.90 Å². The van der Waals surface area contributed by atoms with Crippen molar-refractivity contribution in [3.63, 3.8) is 0 Å². The average molecular weight is 177 g/mol. The molecule has 3 heteroatoms. The van der Waals surface area contributed by atoms with Crippen LogP contribution in [0.15, 0.2) is 36.9 Å². The van der Waals surface area contributed by atoms with Gasteiger partial charge in [-0.15, -0.1) is 6.58 Å². The molecular formula is C10H11NO2. The average Bonchev–Trinajstić information content (AvgIpc) is 2.17. The van der Waals surface area contributed by atoms with Crippen LogP contribution in [-0.4, -0.2) is 11.1 Å². The fourth-order valence-electron chi connectivity index (χ4n) is 1.02. The smallest absolute Gasteiger partial charge is 0.335 e. The number of hydrogen-bond donors (Lipinski definition) is 2. The molecule has 3 N–H and O–H groups in total. The zero-order chi connectivity index (χ0) is 9.84. The van der Waals surface area contributed by atoms with E-state index in [4.69, 9.17) is 10.8 Å². The molecule has 0 saturated heterocycles. The van der Waals surface area contributed by atoms with Gasteiger partial charge in [-0.2, -0.15) is 0 Å². The molecule has 0 aliphatic carbocycles. The van der Waals surface area contributed by atoms with Crippen LogP contribution in [0.3, 0.4) is 0 Å². The van der Waals surface area contributed by atoms with E-state index in [2.05, 4.69) is 6.58 Å². The molecule has 0 fully saturated rings. The van der Waals surface area contributed by atoms with Crippen LogP contribution >= 0.6 is 0 Å². The van der Waals surface area contributed by atoms with E-state index in [9.17, 15) is 4.79 Å². The SMILES string of the molecule is C=C[C@H](N)c1cccc(C(=O)O)c1. The van der Waals surface area contributed by atoms with Crippen molar-refractivity contribution >= 4 is 5.97 Å². The lowest BCUT2D eigenvalue weighted by atomic mass is 10.0. The Labute approximate surface area is 76.5 Å². The maximum atomic E-state index is 10.6. The molecule has 1 atom stereocenters. The summed E-state index contributed by atoms with van der Waals surface area (Å²) < 4.78 is 0. The molecule has 68 valence electrons. The van der Waals surface area contributed by atoms with Gasteiger partial charge in [-0.1, -0.05) is 18.2 Å². The van der Waals surface area contributed by atoms with Crippen molar-refractivity contribution in [3.8, 4) is 0 Å². The third-order valence-corrected chi connectivity index (χ3v) is 1.77. The normalized spacial score (nSPS) is 12.1. The predicted octanol–water partition coefficient (Wildman–Crippen LogP) is 1.57. The topological polar surface area (TPSA) is 63.3 Å². The van der Waals surface area contributed by atoms with Crippen molar-refractivity contribution in [2.24, 2.45) is 5.73 Å². The number of hydrogen-bond acceptors (Lipinski definition) is 2. The highest BCUT2D eigenvalue weighted by atomic mass is 16.4. The summed E-state index contributed by atoms with van der Waals surface area (Å²) in [4.78, 5) is 10.6. The standard InChI is InChI=1S/C10H11NO2/c1-2-9(11)7-4-3-5-8(6-7)10(12)13/h2-6,9H,1,11H2,(H,12,13)/t9-/m0/s1. The Bertz CT molecular complexity index is 333. The molecule has 0 aromatic heterocycles. The second-order valence-corrected chi connectivity index (χ2v) is 2.69. The van der Waals surface area contributed by atoms with Crippen LogP contribution in [0.5, 0.6) is 0 Å². The highest BCUT2D eigenvalue weighted by molar-refractivity contribution is 5.87. The van der Waals surface area contributed by atoms with Gasteiger partial charge < -0.3 is 10.8 Å². The number of aromatic carboxylic acids is 1. The van der Waals surface area contributed by atoms with Crippen molar-refractivity contribution in [2.45, 2.75) is 6.04 Å². The molecule has 13 heavy (non-hydrogen) atoms. The molecular weight excluding hydrogens is 166 g/mol. The Balaban J connectivity index is 3.04. The predicted molar refractivity (Wildman–Crippen MR) is 50.5 cm³/mol. The minimum Gasteiger partial charge on any atom is -0.478 e. The molecule has 0 bridgehead atoms. The molecule has 3 nitrogen and oxygen atoms in total. The number of nitrogens with two attached hydrogens (primary N) is 1. The summed E-state index contributed by atoms with van der Waals surface area (Å²) in [6, 6.07) is 6.22. The number of carboxylic acid groups (broad SMARTS) is 1. The van der Waals surface area contributed by atoms with E-state index in [0.29, 0.717) is 0 Å². The second-order valence-electron chi connectivity index (χ2n) is 2.69. The summed E-state index contributed by atoms with van der Waals surface area (Å²) in [6.07, 6.45) is 1.57. The lowest BCUT2D eigenvalue weighted by molar-refractivity contribution is 0.0697. The van der Waals surface area contributed by atoms with Crippen LogP contribution in [0.1, 0.15) is 22.0 Å². The summed E-state index contributed by atoms with van der Waals surface area (Å²) in [5.74, 6) is -0.946. The van der Waals surface area contributed by atoms with Gasteiger partial charge in [-0.3, -0.25) is 0 Å². The van der Waals surface area contributed by atoms with E-state index in [-0.39, 0.29) is 11.6 Å². The van der Waals surface area contributed by atoms with Gasteiger partial charge in [0.1, 0.15) is 0 Å². The Hall–Kier alpha value is -1.61. The first-order valence-corrected chi connectivity index (χ1v) is 3.86. The molecule has 0 saturated carbocycles. The number of carboxylic acids is 1. The Morgan fingerprint density at radius 3 is 2.85 bits per heavy atom. The molecule has 0 spiro atoms. The van der Waals surface area contributed by atoms with Gasteiger partial charge in [0.05, 0.1) is 5.56 Å². The minimum absolute atomic E-state index is 0.245. The molecule has 0 radical (unpaired) electrons. The van der Waals surface area contributed by atoms with Gasteiger partial charge >= 0.3 is 5.97 Å². The van der Waals surface area contributed by atoms with E-state index in [1.54, 1.807) is 24.3 Å². The first-order chi connectivity index (χ1) is 6.15. The van der Waals surface area contributed by atoms with E-state index in [0.717, 1.165) is 5.56 Å². The minimum atomic E-state index is -0.946. The first kappa shape index (κ1) is 9.48. The monoisotopic (exact) mass is 177 g/mol. The van der Waals surface area contributed by atoms with Gasteiger partial charge in [-0.05, 0) is 17.7 Å². The van der Waals surface area contributed by atoms with Gasteiger partial charge in [-0.25, -0.2) is 4.79 Å². The van der Waals surface area contributed by atoms with Gasteiger partial charge in [0.25, 0.3) is 0 Å². The number of benzene rings is 1. The van der Waals surface area contributed by atoms with E-state index >= 15 is 0 Å². The highest BCUT2D eigenvalue weighted by Gasteiger charge is 2.05. The van der Waals surface area contributed by atoms with Crippen LogP contribution in [0, 0.1) is 0 Å². The van der Waals surface area contributed by atoms with E-state index < -0.39 is 5.97 Å². The van der Waals surface area contributed by atoms with Crippen molar-refractivity contribution in [1.29, 1.82) is 0 Å². The largest absolute Gasteiger partial charge is 0.478 e. The Morgan fingerprint density at radius 2 is 2.31 bits per heavy atom. The molecule has 0 aliphatic rings. The summed E-state index contributed by atoms with van der Waals surface area (Å²) in [6.45, 7) is 3.54. The summed E-state index contributed by atoms with van der Waals surface area (Å²) in [7, 11) is 0. The van der Waals surface area contributed by atoms with Crippen molar-refractivity contribution in [3.05, 3.63) is 48.0 Å². The van der Waals surface area contributed by atoms with Crippen LogP contribution in [0.2, 0.25) is 0 Å². The maximum absolute atomic E-state index is 10.6. The van der Waals surface area contributed by atoms with Crippen LogP contribution in [0.4, 0.5) is 0 Å². The molecule has 1 aromatic carbocycles. The van der Waals surface area contributed by atoms with Crippen molar-refractivity contribution in [1.82, 2.24) is 0 Å². The van der Waals surface area contributed by atoms with E-state index in [1.807, 2.05) is 0 Å². The Kier molecular flexibility index (Phi) is 2.82. The molecule has 0 amide bonds. The lowest BCUT2D eigenvalue weighted by Crippen LogP contribution is -2.07. The van der Waals surface area contributed by atoms with Crippen LogP contribution in [-0.2, 0) is 0 Å².